The highest BCUT2D eigenvalue weighted by Gasteiger charge is 2.20. The van der Waals surface area contributed by atoms with Crippen molar-refractivity contribution in [2.24, 2.45) is 5.73 Å². The van der Waals surface area contributed by atoms with Gasteiger partial charge in [-0.25, -0.2) is 8.78 Å². The van der Waals surface area contributed by atoms with E-state index in [2.05, 4.69) is 15.9 Å². The molecule has 0 aromatic heterocycles. The molecule has 1 nitrogen and oxygen atoms in total. The molecule has 0 amide bonds. The van der Waals surface area contributed by atoms with E-state index in [9.17, 15) is 8.78 Å². The normalized spacial score (nSPS) is 12.5. The Balaban J connectivity index is 2.33. The Hall–Kier alpha value is -0.680. The second kappa shape index (κ2) is 6.39. The minimum Gasteiger partial charge on any atom is -0.323 e. The first kappa shape index (κ1) is 15.7. The van der Waals surface area contributed by atoms with Crippen molar-refractivity contribution >= 4 is 39.1 Å². The molecule has 1 atom stereocenters. The molecule has 0 fully saturated rings. The Morgan fingerprint density at radius 3 is 2.50 bits per heavy atom. The molecule has 0 heterocycles. The third kappa shape index (κ3) is 3.31. The molecule has 2 rings (SSSR count). The molecule has 2 N–H and O–H groups in total. The molecule has 6 heteroatoms. The molecule has 0 aliphatic rings. The van der Waals surface area contributed by atoms with Crippen molar-refractivity contribution in [3.8, 4) is 0 Å². The number of hydrogen-bond donors (Lipinski definition) is 1. The summed E-state index contributed by atoms with van der Waals surface area (Å²) in [5, 5.41) is 0.913. The average Bonchev–Trinajstić information content (AvgIpc) is 2.38. The van der Waals surface area contributed by atoms with Crippen molar-refractivity contribution in [3.63, 3.8) is 0 Å². The van der Waals surface area contributed by atoms with Gasteiger partial charge in [0.15, 0.2) is 0 Å². The third-order valence-corrected chi connectivity index (χ3v) is 4.10. The minimum absolute atomic E-state index is 0.162. The van der Waals surface area contributed by atoms with Gasteiger partial charge in [0.1, 0.15) is 11.6 Å². The van der Waals surface area contributed by atoms with Crippen LogP contribution >= 0.6 is 39.1 Å². The Morgan fingerprint density at radius 2 is 1.85 bits per heavy atom. The Kier molecular flexibility index (Phi) is 5.02. The van der Waals surface area contributed by atoms with Gasteiger partial charge in [-0.05, 0) is 52.2 Å². The standard InChI is InChI=1S/C14H10BrCl2F2N/c15-9-3-4-11(18)13(14(9)19)12(20)5-7-1-2-8(16)6-10(7)17/h1-4,6,12H,5,20H2. The zero-order valence-electron chi connectivity index (χ0n) is 10.1. The molecule has 20 heavy (non-hydrogen) atoms. The van der Waals surface area contributed by atoms with Crippen LogP contribution in [0.15, 0.2) is 34.8 Å². The lowest BCUT2D eigenvalue weighted by molar-refractivity contribution is 0.521. The van der Waals surface area contributed by atoms with Gasteiger partial charge in [-0.2, -0.15) is 0 Å². The molecule has 0 radical (unpaired) electrons. The smallest absolute Gasteiger partial charge is 0.145 e. The van der Waals surface area contributed by atoms with Gasteiger partial charge in [-0.3, -0.25) is 0 Å². The molecule has 106 valence electrons. The van der Waals surface area contributed by atoms with Gasteiger partial charge in [0.25, 0.3) is 0 Å². The van der Waals surface area contributed by atoms with Crippen LogP contribution in [-0.2, 0) is 6.42 Å². The number of benzene rings is 2. The molecular weight excluding hydrogens is 371 g/mol. The highest BCUT2D eigenvalue weighted by molar-refractivity contribution is 9.10. The molecule has 0 bridgehead atoms. The molecule has 0 aliphatic heterocycles. The van der Waals surface area contributed by atoms with E-state index in [-0.39, 0.29) is 16.5 Å². The highest BCUT2D eigenvalue weighted by atomic mass is 79.9. The van der Waals surface area contributed by atoms with Crippen LogP contribution in [0.2, 0.25) is 10.0 Å². The quantitative estimate of drug-likeness (QED) is 0.720. The summed E-state index contributed by atoms with van der Waals surface area (Å²) in [5.41, 5.74) is 6.43. The number of halogens is 5. The Bertz CT molecular complexity index is 649. The molecule has 0 spiro atoms. The molecule has 1 unspecified atom stereocenters. The second-order valence-corrected chi connectivity index (χ2v) is 6.00. The van der Waals surface area contributed by atoms with Crippen molar-refractivity contribution in [1.29, 1.82) is 0 Å². The Labute approximate surface area is 133 Å². The van der Waals surface area contributed by atoms with Gasteiger partial charge in [0, 0.05) is 21.7 Å². The van der Waals surface area contributed by atoms with Crippen LogP contribution in [0.25, 0.3) is 0 Å². The summed E-state index contributed by atoms with van der Waals surface area (Å²) in [6, 6.07) is 6.55. The fourth-order valence-corrected chi connectivity index (χ4v) is 2.74. The van der Waals surface area contributed by atoms with E-state index in [1.165, 1.54) is 12.1 Å². The lowest BCUT2D eigenvalue weighted by atomic mass is 9.98. The van der Waals surface area contributed by atoms with E-state index in [4.69, 9.17) is 28.9 Å². The van der Waals surface area contributed by atoms with Gasteiger partial charge in [-0.15, -0.1) is 0 Å². The first-order valence-corrected chi connectivity index (χ1v) is 7.28. The lowest BCUT2D eigenvalue weighted by Crippen LogP contribution is -2.17. The van der Waals surface area contributed by atoms with E-state index in [1.54, 1.807) is 18.2 Å². The maximum absolute atomic E-state index is 14.0. The molecule has 0 saturated heterocycles. The average molecular weight is 381 g/mol. The van der Waals surface area contributed by atoms with Crippen LogP contribution in [0, 0.1) is 11.6 Å². The summed E-state index contributed by atoms with van der Waals surface area (Å²) in [6.07, 6.45) is 0.209. The Morgan fingerprint density at radius 1 is 1.15 bits per heavy atom. The second-order valence-electron chi connectivity index (χ2n) is 4.30. The maximum Gasteiger partial charge on any atom is 0.145 e. The molecule has 0 aliphatic carbocycles. The molecule has 2 aromatic rings. The van der Waals surface area contributed by atoms with Gasteiger partial charge in [0.05, 0.1) is 4.47 Å². The predicted octanol–water partition coefficient (Wildman–Crippen LogP) is 5.28. The monoisotopic (exact) mass is 379 g/mol. The van der Waals surface area contributed by atoms with E-state index in [1.807, 2.05) is 0 Å². The van der Waals surface area contributed by atoms with Crippen molar-refractivity contribution in [3.05, 3.63) is 67.6 Å². The van der Waals surface area contributed by atoms with Gasteiger partial charge in [-0.1, -0.05) is 29.3 Å². The summed E-state index contributed by atoms with van der Waals surface area (Å²) < 4.78 is 27.9. The van der Waals surface area contributed by atoms with Crippen LogP contribution in [-0.4, -0.2) is 0 Å². The number of nitrogens with two attached hydrogens (primary N) is 1. The summed E-state index contributed by atoms with van der Waals surface area (Å²) in [5.74, 6) is -1.37. The van der Waals surface area contributed by atoms with Crippen LogP contribution < -0.4 is 5.73 Å². The van der Waals surface area contributed by atoms with E-state index in [0.29, 0.717) is 15.6 Å². The zero-order chi connectivity index (χ0) is 14.9. The number of hydrogen-bond acceptors (Lipinski definition) is 1. The first-order chi connectivity index (χ1) is 9.40. The summed E-state index contributed by atoms with van der Waals surface area (Å²) in [4.78, 5) is 0. The summed E-state index contributed by atoms with van der Waals surface area (Å²) in [6.45, 7) is 0. The SMILES string of the molecule is NC(Cc1ccc(Cl)cc1Cl)c1c(F)ccc(Br)c1F. The first-order valence-electron chi connectivity index (χ1n) is 5.73. The fourth-order valence-electron chi connectivity index (χ4n) is 1.91. The van der Waals surface area contributed by atoms with Crippen LogP contribution in [0.3, 0.4) is 0 Å². The lowest BCUT2D eigenvalue weighted by Gasteiger charge is -2.15. The van der Waals surface area contributed by atoms with E-state index < -0.39 is 17.7 Å². The maximum atomic E-state index is 14.0. The van der Waals surface area contributed by atoms with Crippen molar-refractivity contribution in [2.45, 2.75) is 12.5 Å². The zero-order valence-corrected chi connectivity index (χ0v) is 13.2. The fraction of sp³-hybridized carbons (Fsp3) is 0.143. The van der Waals surface area contributed by atoms with Crippen LogP contribution in [0.5, 0.6) is 0 Å². The summed E-state index contributed by atoms with van der Waals surface area (Å²) >= 11 is 14.9. The topological polar surface area (TPSA) is 26.0 Å². The van der Waals surface area contributed by atoms with Gasteiger partial charge in [0.2, 0.25) is 0 Å². The van der Waals surface area contributed by atoms with Crippen LogP contribution in [0.1, 0.15) is 17.2 Å². The van der Waals surface area contributed by atoms with E-state index >= 15 is 0 Å². The van der Waals surface area contributed by atoms with Gasteiger partial charge < -0.3 is 5.73 Å². The van der Waals surface area contributed by atoms with Crippen LogP contribution in [0.4, 0.5) is 8.78 Å². The van der Waals surface area contributed by atoms with Crippen molar-refractivity contribution in [2.75, 3.05) is 0 Å². The summed E-state index contributed by atoms with van der Waals surface area (Å²) in [7, 11) is 0. The third-order valence-electron chi connectivity index (χ3n) is 2.91. The van der Waals surface area contributed by atoms with E-state index in [0.717, 1.165) is 0 Å². The largest absolute Gasteiger partial charge is 0.323 e. The molecular formula is C14H10BrCl2F2N. The number of rotatable bonds is 3. The molecule has 2 aromatic carbocycles. The molecule has 0 saturated carbocycles. The minimum atomic E-state index is -0.842. The predicted molar refractivity (Wildman–Crippen MR) is 81.2 cm³/mol. The van der Waals surface area contributed by atoms with Gasteiger partial charge >= 0.3 is 0 Å². The van der Waals surface area contributed by atoms with Crippen molar-refractivity contribution in [1.82, 2.24) is 0 Å². The van der Waals surface area contributed by atoms with Crippen molar-refractivity contribution < 1.29 is 8.78 Å². The highest BCUT2D eigenvalue weighted by Crippen LogP contribution is 2.30.